The van der Waals surface area contributed by atoms with Gasteiger partial charge in [0.2, 0.25) is 0 Å². The van der Waals surface area contributed by atoms with E-state index in [1.165, 1.54) is 12.0 Å². The molecule has 1 fully saturated rings. The number of hydrogen-bond acceptors (Lipinski definition) is 2. The van der Waals surface area contributed by atoms with Gasteiger partial charge in [0.05, 0.1) is 5.02 Å². The summed E-state index contributed by atoms with van der Waals surface area (Å²) in [7, 11) is 0. The van der Waals surface area contributed by atoms with Gasteiger partial charge in [-0.25, -0.2) is 0 Å². The van der Waals surface area contributed by atoms with E-state index in [1.807, 2.05) is 24.3 Å². The molecule has 0 aliphatic heterocycles. The van der Waals surface area contributed by atoms with E-state index in [0.717, 1.165) is 29.7 Å². The van der Waals surface area contributed by atoms with Gasteiger partial charge in [0.15, 0.2) is 0 Å². The monoisotopic (exact) mass is 315 g/mol. The maximum atomic E-state index is 6.48. The summed E-state index contributed by atoms with van der Waals surface area (Å²) in [6.07, 6.45) is 3.56. The summed E-state index contributed by atoms with van der Waals surface area (Å²) >= 11 is 6.48. The molecule has 3 heteroatoms. The van der Waals surface area contributed by atoms with Crippen molar-refractivity contribution in [3.05, 3.63) is 64.2 Å². The summed E-state index contributed by atoms with van der Waals surface area (Å²) in [5, 5.41) is 0.686. The van der Waals surface area contributed by atoms with Crippen molar-refractivity contribution in [2.75, 3.05) is 6.54 Å². The van der Waals surface area contributed by atoms with Crippen LogP contribution in [0.15, 0.2) is 42.5 Å². The zero-order valence-corrected chi connectivity index (χ0v) is 13.7. The van der Waals surface area contributed by atoms with Crippen LogP contribution in [0.4, 0.5) is 0 Å². The Morgan fingerprint density at radius 1 is 1.18 bits per heavy atom. The van der Waals surface area contributed by atoms with Crippen LogP contribution in [0.2, 0.25) is 5.02 Å². The van der Waals surface area contributed by atoms with Crippen molar-refractivity contribution in [2.24, 2.45) is 5.73 Å². The summed E-state index contributed by atoms with van der Waals surface area (Å²) in [4.78, 5) is 0. The van der Waals surface area contributed by atoms with Crippen LogP contribution < -0.4 is 10.5 Å². The average molecular weight is 316 g/mol. The minimum absolute atomic E-state index is 0.131. The Labute approximate surface area is 137 Å². The molecule has 0 saturated heterocycles. The second-order valence-electron chi connectivity index (χ2n) is 6.22. The Morgan fingerprint density at radius 3 is 2.45 bits per heavy atom. The van der Waals surface area contributed by atoms with Crippen molar-refractivity contribution < 1.29 is 4.74 Å². The molecule has 0 aromatic heterocycles. The summed E-state index contributed by atoms with van der Waals surface area (Å²) in [5.74, 6) is 0.778. The van der Waals surface area contributed by atoms with Gasteiger partial charge in [0.25, 0.3) is 0 Å². The molecule has 0 heterocycles. The molecule has 0 atom stereocenters. The number of nitrogens with two attached hydrogens (primary N) is 1. The second-order valence-corrected chi connectivity index (χ2v) is 6.62. The highest BCUT2D eigenvalue weighted by Gasteiger charge is 2.37. The molecule has 0 unspecified atom stereocenters. The molecule has 1 aliphatic rings. The molecule has 0 spiro atoms. The van der Waals surface area contributed by atoms with E-state index in [1.54, 1.807) is 0 Å². The van der Waals surface area contributed by atoms with E-state index < -0.39 is 0 Å². The van der Waals surface area contributed by atoms with Crippen LogP contribution in [-0.2, 0) is 12.0 Å². The Bertz CT molecular complexity index is 621. The molecule has 0 amide bonds. The fourth-order valence-corrected chi connectivity index (χ4v) is 3.48. The minimum Gasteiger partial charge on any atom is -0.487 e. The Hall–Kier alpha value is -1.51. The highest BCUT2D eigenvalue weighted by molar-refractivity contribution is 6.32. The van der Waals surface area contributed by atoms with Crippen LogP contribution in [-0.4, -0.2) is 6.54 Å². The molecule has 0 bridgehead atoms. The smallest absolute Gasteiger partial charge is 0.141 e. The summed E-state index contributed by atoms with van der Waals surface area (Å²) in [5.41, 5.74) is 9.61. The van der Waals surface area contributed by atoms with Gasteiger partial charge in [-0.1, -0.05) is 54.4 Å². The van der Waals surface area contributed by atoms with Crippen LogP contribution in [0.1, 0.15) is 36.0 Å². The second kappa shape index (κ2) is 6.31. The van der Waals surface area contributed by atoms with E-state index in [2.05, 4.69) is 25.1 Å². The van der Waals surface area contributed by atoms with Gasteiger partial charge in [-0.15, -0.1) is 0 Å². The molecule has 2 N–H and O–H groups in total. The number of halogens is 1. The van der Waals surface area contributed by atoms with Crippen LogP contribution in [0.3, 0.4) is 0 Å². The first-order chi connectivity index (χ1) is 10.6. The van der Waals surface area contributed by atoms with Crippen LogP contribution in [0.5, 0.6) is 5.75 Å². The number of benzene rings is 2. The Morgan fingerprint density at radius 2 is 1.91 bits per heavy atom. The van der Waals surface area contributed by atoms with Gasteiger partial charge in [0, 0.05) is 12.0 Å². The number of hydrogen-bond donors (Lipinski definition) is 1. The quantitative estimate of drug-likeness (QED) is 0.874. The van der Waals surface area contributed by atoms with Crippen molar-refractivity contribution in [1.29, 1.82) is 0 Å². The lowest BCUT2D eigenvalue weighted by Gasteiger charge is -2.42. The predicted molar refractivity (Wildman–Crippen MR) is 91.5 cm³/mol. The van der Waals surface area contributed by atoms with Gasteiger partial charge in [-0.2, -0.15) is 0 Å². The standard InChI is InChI=1S/C19H22ClNO/c1-14-10-16(19(13-21)8-5-9-19)11-17(20)18(14)22-12-15-6-3-2-4-7-15/h2-4,6-7,10-11H,5,8-9,12-13,21H2,1H3. The fraction of sp³-hybridized carbons (Fsp3) is 0.368. The van der Waals surface area contributed by atoms with E-state index in [4.69, 9.17) is 22.1 Å². The molecule has 3 rings (SSSR count). The van der Waals surface area contributed by atoms with E-state index in [-0.39, 0.29) is 5.41 Å². The maximum absolute atomic E-state index is 6.48. The third-order valence-electron chi connectivity index (χ3n) is 4.77. The lowest BCUT2D eigenvalue weighted by atomic mass is 9.64. The van der Waals surface area contributed by atoms with Crippen molar-refractivity contribution in [1.82, 2.24) is 0 Å². The molecular formula is C19H22ClNO. The molecule has 1 aliphatic carbocycles. The fourth-order valence-electron chi connectivity index (χ4n) is 3.16. The van der Waals surface area contributed by atoms with Gasteiger partial charge >= 0.3 is 0 Å². The zero-order valence-electron chi connectivity index (χ0n) is 12.9. The number of aryl methyl sites for hydroxylation is 1. The molecule has 1 saturated carbocycles. The number of ether oxygens (including phenoxy) is 1. The molecule has 2 aromatic rings. The maximum Gasteiger partial charge on any atom is 0.141 e. The van der Waals surface area contributed by atoms with Crippen LogP contribution in [0.25, 0.3) is 0 Å². The molecule has 0 radical (unpaired) electrons. The first kappa shape index (κ1) is 15.4. The van der Waals surface area contributed by atoms with Crippen molar-refractivity contribution in [3.63, 3.8) is 0 Å². The zero-order chi connectivity index (χ0) is 15.6. The van der Waals surface area contributed by atoms with E-state index in [9.17, 15) is 0 Å². The molecule has 2 nitrogen and oxygen atoms in total. The molecular weight excluding hydrogens is 294 g/mol. The SMILES string of the molecule is Cc1cc(C2(CN)CCC2)cc(Cl)c1OCc1ccccc1. The lowest BCUT2D eigenvalue weighted by molar-refractivity contribution is 0.252. The third-order valence-corrected chi connectivity index (χ3v) is 5.05. The Balaban J connectivity index is 1.81. The van der Waals surface area contributed by atoms with Crippen LogP contribution in [0, 0.1) is 6.92 Å². The predicted octanol–water partition coefficient (Wildman–Crippen LogP) is 4.61. The molecule has 116 valence electrons. The average Bonchev–Trinajstić information content (AvgIpc) is 2.47. The first-order valence-electron chi connectivity index (χ1n) is 7.82. The summed E-state index contributed by atoms with van der Waals surface area (Å²) in [6, 6.07) is 14.4. The minimum atomic E-state index is 0.131. The van der Waals surface area contributed by atoms with Crippen LogP contribution >= 0.6 is 11.6 Å². The first-order valence-corrected chi connectivity index (χ1v) is 8.20. The largest absolute Gasteiger partial charge is 0.487 e. The molecule has 22 heavy (non-hydrogen) atoms. The van der Waals surface area contributed by atoms with Crippen molar-refractivity contribution in [2.45, 2.75) is 38.2 Å². The van der Waals surface area contributed by atoms with Gasteiger partial charge in [-0.05, 0) is 42.5 Å². The topological polar surface area (TPSA) is 35.2 Å². The highest BCUT2D eigenvalue weighted by Crippen LogP contribution is 2.45. The van der Waals surface area contributed by atoms with Gasteiger partial charge < -0.3 is 10.5 Å². The lowest BCUT2D eigenvalue weighted by Crippen LogP contribution is -2.41. The summed E-state index contributed by atoms with van der Waals surface area (Å²) < 4.78 is 5.94. The van der Waals surface area contributed by atoms with E-state index in [0.29, 0.717) is 18.2 Å². The van der Waals surface area contributed by atoms with Gasteiger partial charge in [0.1, 0.15) is 12.4 Å². The van der Waals surface area contributed by atoms with E-state index >= 15 is 0 Å². The third kappa shape index (κ3) is 2.86. The van der Waals surface area contributed by atoms with Gasteiger partial charge in [-0.3, -0.25) is 0 Å². The van der Waals surface area contributed by atoms with Crippen molar-refractivity contribution >= 4 is 11.6 Å². The number of rotatable bonds is 5. The highest BCUT2D eigenvalue weighted by atomic mass is 35.5. The summed E-state index contributed by atoms with van der Waals surface area (Å²) in [6.45, 7) is 3.27. The normalized spacial score (nSPS) is 16.1. The Kier molecular flexibility index (Phi) is 4.42. The van der Waals surface area contributed by atoms with Crippen molar-refractivity contribution in [3.8, 4) is 5.75 Å². The molecule has 2 aromatic carbocycles.